The molecule has 0 spiro atoms. The number of carbonyl (C=O) groups is 1. The van der Waals surface area contributed by atoms with Crippen molar-refractivity contribution in [3.63, 3.8) is 0 Å². The smallest absolute Gasteiger partial charge is 0.343 e. The molecule has 128 valence electrons. The highest BCUT2D eigenvalue weighted by atomic mass is 16.6. The average Bonchev–Trinajstić information content (AvgIpc) is 2.44. The summed E-state index contributed by atoms with van der Waals surface area (Å²) in [6, 6.07) is 4.28. The Morgan fingerprint density at radius 1 is 1.17 bits per heavy atom. The van der Waals surface area contributed by atoms with E-state index in [9.17, 15) is 20.1 Å². The van der Waals surface area contributed by atoms with Crippen molar-refractivity contribution in [1.82, 2.24) is 0 Å². The highest BCUT2D eigenvalue weighted by molar-refractivity contribution is 5.83. The molecule has 1 aliphatic rings. The van der Waals surface area contributed by atoms with Crippen LogP contribution in [-0.4, -0.2) is 32.5 Å². The summed E-state index contributed by atoms with van der Waals surface area (Å²) in [5, 5.41) is 29.3. The standard InChI is InChI=1S/C19H22O5/c1-18(2,3)24-17(22)19(23)8-6-13(7-9-19)4-5-14-10-15(20)12-16(21)11-14/h4-8,10-12,20-21,23H,9H2,1-3H3. The molecule has 0 fully saturated rings. The molecule has 0 heterocycles. The monoisotopic (exact) mass is 330 g/mol. The Kier molecular flexibility index (Phi) is 4.85. The van der Waals surface area contributed by atoms with Crippen LogP contribution in [0.2, 0.25) is 0 Å². The van der Waals surface area contributed by atoms with Gasteiger partial charge in [-0.15, -0.1) is 0 Å². The molecule has 0 saturated carbocycles. The maximum absolute atomic E-state index is 12.1. The third-order valence-corrected chi connectivity index (χ3v) is 3.35. The van der Waals surface area contributed by atoms with E-state index in [0.717, 1.165) is 5.57 Å². The van der Waals surface area contributed by atoms with Crippen molar-refractivity contribution in [2.24, 2.45) is 0 Å². The van der Waals surface area contributed by atoms with Crippen LogP contribution in [0.1, 0.15) is 32.8 Å². The number of ether oxygens (including phenoxy) is 1. The van der Waals surface area contributed by atoms with Gasteiger partial charge in [-0.05, 0) is 50.1 Å². The number of rotatable bonds is 3. The number of benzene rings is 1. The van der Waals surface area contributed by atoms with E-state index in [1.54, 1.807) is 45.1 Å². The predicted octanol–water partition coefficient (Wildman–Crippen LogP) is 3.07. The Labute approximate surface area is 141 Å². The Hall–Kier alpha value is -2.53. The average molecular weight is 330 g/mol. The van der Waals surface area contributed by atoms with Crippen LogP contribution in [0.4, 0.5) is 0 Å². The number of carbonyl (C=O) groups excluding carboxylic acids is 1. The lowest BCUT2D eigenvalue weighted by molar-refractivity contribution is -0.171. The van der Waals surface area contributed by atoms with E-state index in [-0.39, 0.29) is 17.9 Å². The molecule has 0 aliphatic heterocycles. The van der Waals surface area contributed by atoms with E-state index in [2.05, 4.69) is 0 Å². The molecule has 1 unspecified atom stereocenters. The topological polar surface area (TPSA) is 87.0 Å². The number of hydrogen-bond donors (Lipinski definition) is 3. The van der Waals surface area contributed by atoms with Crippen molar-refractivity contribution >= 4 is 12.0 Å². The second-order valence-corrected chi connectivity index (χ2v) is 6.78. The molecule has 2 rings (SSSR count). The van der Waals surface area contributed by atoms with E-state index >= 15 is 0 Å². The van der Waals surface area contributed by atoms with E-state index in [4.69, 9.17) is 4.74 Å². The molecule has 0 radical (unpaired) electrons. The largest absolute Gasteiger partial charge is 0.508 e. The summed E-state index contributed by atoms with van der Waals surface area (Å²) in [7, 11) is 0. The van der Waals surface area contributed by atoms with Crippen LogP contribution < -0.4 is 0 Å². The molecule has 1 atom stereocenters. The first kappa shape index (κ1) is 17.8. The summed E-state index contributed by atoms with van der Waals surface area (Å²) in [5.74, 6) is -0.729. The van der Waals surface area contributed by atoms with E-state index in [1.807, 2.05) is 0 Å². The van der Waals surface area contributed by atoms with E-state index in [0.29, 0.717) is 5.56 Å². The summed E-state index contributed by atoms with van der Waals surface area (Å²) in [5.41, 5.74) is -0.892. The molecular formula is C19H22O5. The SMILES string of the molecule is CC(C)(C)OC(=O)C1(O)C=CC(C=Cc2cc(O)cc(O)c2)=CC1. The fraction of sp³-hybridized carbons (Fsp3) is 0.316. The molecule has 1 aromatic rings. The third kappa shape index (κ3) is 4.73. The number of phenols is 2. The molecule has 5 heteroatoms. The molecule has 24 heavy (non-hydrogen) atoms. The summed E-state index contributed by atoms with van der Waals surface area (Å²) < 4.78 is 5.23. The van der Waals surface area contributed by atoms with Crippen LogP contribution >= 0.6 is 0 Å². The summed E-state index contributed by atoms with van der Waals surface area (Å²) >= 11 is 0. The number of allylic oxidation sites excluding steroid dienone is 3. The van der Waals surface area contributed by atoms with Gasteiger partial charge in [0.05, 0.1) is 0 Å². The first-order chi connectivity index (χ1) is 11.1. The number of hydrogen-bond acceptors (Lipinski definition) is 5. The predicted molar refractivity (Wildman–Crippen MR) is 91.4 cm³/mol. The van der Waals surface area contributed by atoms with Crippen molar-refractivity contribution in [1.29, 1.82) is 0 Å². The zero-order valence-corrected chi connectivity index (χ0v) is 14.0. The van der Waals surface area contributed by atoms with Gasteiger partial charge < -0.3 is 20.1 Å². The van der Waals surface area contributed by atoms with Gasteiger partial charge in [0, 0.05) is 12.5 Å². The van der Waals surface area contributed by atoms with Crippen LogP contribution in [0.5, 0.6) is 11.5 Å². The van der Waals surface area contributed by atoms with Crippen LogP contribution in [-0.2, 0) is 9.53 Å². The molecule has 0 bridgehead atoms. The fourth-order valence-corrected chi connectivity index (χ4v) is 2.19. The van der Waals surface area contributed by atoms with Crippen molar-refractivity contribution in [2.45, 2.75) is 38.4 Å². The fourth-order valence-electron chi connectivity index (χ4n) is 2.19. The van der Waals surface area contributed by atoms with Crippen LogP contribution in [0, 0.1) is 0 Å². The Balaban J connectivity index is 2.07. The lowest BCUT2D eigenvalue weighted by Crippen LogP contribution is -2.42. The van der Waals surface area contributed by atoms with Gasteiger partial charge in [-0.1, -0.05) is 24.3 Å². The maximum atomic E-state index is 12.1. The number of aliphatic hydroxyl groups is 1. The summed E-state index contributed by atoms with van der Waals surface area (Å²) in [6.45, 7) is 5.24. The zero-order valence-electron chi connectivity index (χ0n) is 14.0. The van der Waals surface area contributed by atoms with E-state index < -0.39 is 17.2 Å². The number of phenolic OH excluding ortho intramolecular Hbond substituents is 2. The number of aromatic hydroxyl groups is 2. The summed E-state index contributed by atoms with van der Waals surface area (Å²) in [6.07, 6.45) is 8.37. The van der Waals surface area contributed by atoms with Gasteiger partial charge in [-0.2, -0.15) is 0 Å². The van der Waals surface area contributed by atoms with Crippen molar-refractivity contribution in [2.75, 3.05) is 0 Å². The Morgan fingerprint density at radius 3 is 2.29 bits per heavy atom. The van der Waals surface area contributed by atoms with Gasteiger partial charge >= 0.3 is 5.97 Å². The number of esters is 1. The van der Waals surface area contributed by atoms with Gasteiger partial charge in [-0.3, -0.25) is 0 Å². The summed E-state index contributed by atoms with van der Waals surface area (Å²) in [4.78, 5) is 12.1. The lowest BCUT2D eigenvalue weighted by atomic mass is 9.91. The normalized spacial score (nSPS) is 20.9. The second kappa shape index (κ2) is 6.53. The van der Waals surface area contributed by atoms with Crippen LogP contribution in [0.15, 0.2) is 48.1 Å². The third-order valence-electron chi connectivity index (χ3n) is 3.35. The molecule has 1 aromatic carbocycles. The second-order valence-electron chi connectivity index (χ2n) is 6.78. The van der Waals surface area contributed by atoms with Gasteiger partial charge in [0.15, 0.2) is 5.60 Å². The molecular weight excluding hydrogens is 308 g/mol. The quantitative estimate of drug-likeness (QED) is 0.742. The van der Waals surface area contributed by atoms with Crippen molar-refractivity contribution in [3.8, 4) is 11.5 Å². The van der Waals surface area contributed by atoms with Gasteiger partial charge in [0.1, 0.15) is 17.1 Å². The molecule has 5 nitrogen and oxygen atoms in total. The molecule has 0 aromatic heterocycles. The molecule has 0 saturated heterocycles. The minimum atomic E-state index is -1.66. The van der Waals surface area contributed by atoms with Crippen LogP contribution in [0.25, 0.3) is 6.08 Å². The molecule has 3 N–H and O–H groups in total. The lowest BCUT2D eigenvalue weighted by Gasteiger charge is -2.28. The van der Waals surface area contributed by atoms with Crippen LogP contribution in [0.3, 0.4) is 0 Å². The minimum Gasteiger partial charge on any atom is -0.508 e. The first-order valence-corrected chi connectivity index (χ1v) is 7.64. The van der Waals surface area contributed by atoms with Crippen molar-refractivity contribution in [3.05, 3.63) is 53.6 Å². The van der Waals surface area contributed by atoms with Crippen molar-refractivity contribution < 1.29 is 24.9 Å². The Morgan fingerprint density at radius 2 is 1.79 bits per heavy atom. The highest BCUT2D eigenvalue weighted by Crippen LogP contribution is 2.26. The zero-order chi connectivity index (χ0) is 18.0. The van der Waals surface area contributed by atoms with Gasteiger partial charge in [-0.25, -0.2) is 4.79 Å². The van der Waals surface area contributed by atoms with Gasteiger partial charge in [0.2, 0.25) is 0 Å². The highest BCUT2D eigenvalue weighted by Gasteiger charge is 2.37. The molecule has 0 amide bonds. The maximum Gasteiger partial charge on any atom is 0.343 e. The first-order valence-electron chi connectivity index (χ1n) is 7.64. The van der Waals surface area contributed by atoms with E-state index in [1.165, 1.54) is 24.3 Å². The minimum absolute atomic E-state index is 0.0258. The molecule has 1 aliphatic carbocycles. The Bertz CT molecular complexity index is 702. The van der Waals surface area contributed by atoms with Gasteiger partial charge in [0.25, 0.3) is 0 Å².